The van der Waals surface area contributed by atoms with Crippen molar-refractivity contribution in [1.82, 2.24) is 16.0 Å². The van der Waals surface area contributed by atoms with Crippen LogP contribution in [0.25, 0.3) is 0 Å². The van der Waals surface area contributed by atoms with Crippen LogP contribution < -0.4 is 16.0 Å². The molecule has 0 saturated heterocycles. The van der Waals surface area contributed by atoms with Crippen molar-refractivity contribution in [3.63, 3.8) is 0 Å². The Morgan fingerprint density at radius 3 is 2.70 bits per heavy atom. The topological polar surface area (TPSA) is 65.5 Å². The Labute approximate surface area is 139 Å². The van der Waals surface area contributed by atoms with E-state index in [4.69, 9.17) is 0 Å². The van der Waals surface area contributed by atoms with Gasteiger partial charge >= 0.3 is 0 Å². The third kappa shape index (κ3) is 7.68. The van der Waals surface area contributed by atoms with Crippen LogP contribution in [-0.2, 0) is 11.2 Å². The number of hydrogen-bond acceptors (Lipinski definition) is 2. The summed E-state index contributed by atoms with van der Waals surface area (Å²) >= 11 is 0. The van der Waals surface area contributed by atoms with Crippen molar-refractivity contribution in [3.05, 3.63) is 35.9 Å². The van der Waals surface area contributed by atoms with Gasteiger partial charge in [0, 0.05) is 32.1 Å². The fourth-order valence-electron chi connectivity index (χ4n) is 2.27. The van der Waals surface area contributed by atoms with E-state index in [0.717, 1.165) is 44.7 Å². The van der Waals surface area contributed by atoms with Crippen molar-refractivity contribution in [2.24, 2.45) is 4.99 Å². The largest absolute Gasteiger partial charge is 0.357 e. The van der Waals surface area contributed by atoms with E-state index in [-0.39, 0.29) is 5.91 Å². The zero-order valence-electron chi connectivity index (χ0n) is 14.0. The van der Waals surface area contributed by atoms with Gasteiger partial charge in [-0.1, -0.05) is 30.3 Å². The molecule has 1 aromatic carbocycles. The first-order valence-corrected chi connectivity index (χ1v) is 8.63. The molecule has 0 radical (unpaired) electrons. The molecule has 1 amide bonds. The molecule has 1 saturated carbocycles. The number of amides is 1. The average molecular weight is 316 g/mol. The van der Waals surface area contributed by atoms with Crippen LogP contribution in [0.3, 0.4) is 0 Å². The second-order valence-electron chi connectivity index (χ2n) is 5.87. The molecule has 0 unspecified atom stereocenters. The number of carbonyl (C=O) groups excluding carboxylic acids is 1. The number of nitrogens with one attached hydrogen (secondary N) is 3. The molecule has 1 aliphatic rings. The maximum atomic E-state index is 11.6. The Morgan fingerprint density at radius 2 is 2.00 bits per heavy atom. The van der Waals surface area contributed by atoms with Crippen molar-refractivity contribution >= 4 is 11.9 Å². The number of carbonyl (C=O) groups is 1. The number of benzene rings is 1. The molecule has 1 aliphatic carbocycles. The fraction of sp³-hybridized carbons (Fsp3) is 0.556. The van der Waals surface area contributed by atoms with E-state index in [1.54, 1.807) is 0 Å². The molecule has 0 aromatic heterocycles. The first kappa shape index (κ1) is 17.3. The summed E-state index contributed by atoms with van der Waals surface area (Å²) in [7, 11) is 0. The Hall–Kier alpha value is -2.04. The summed E-state index contributed by atoms with van der Waals surface area (Å²) in [5.41, 5.74) is 1.31. The molecule has 0 heterocycles. The minimum atomic E-state index is 0.157. The molecule has 0 atom stereocenters. The zero-order valence-corrected chi connectivity index (χ0v) is 14.0. The van der Waals surface area contributed by atoms with E-state index in [2.05, 4.69) is 52.1 Å². The average Bonchev–Trinajstić information content (AvgIpc) is 3.36. The van der Waals surface area contributed by atoms with Crippen LogP contribution in [0, 0.1) is 0 Å². The fourth-order valence-corrected chi connectivity index (χ4v) is 2.27. The molecule has 2 rings (SSSR count). The third-order valence-corrected chi connectivity index (χ3v) is 3.67. The molecular formula is C18H28N4O. The minimum Gasteiger partial charge on any atom is -0.357 e. The summed E-state index contributed by atoms with van der Waals surface area (Å²) in [6.07, 6.45) is 4.59. The van der Waals surface area contributed by atoms with E-state index in [0.29, 0.717) is 19.0 Å². The smallest absolute Gasteiger partial charge is 0.220 e. The molecule has 0 spiro atoms. The Balaban J connectivity index is 1.63. The van der Waals surface area contributed by atoms with Gasteiger partial charge in [0.15, 0.2) is 5.96 Å². The van der Waals surface area contributed by atoms with Gasteiger partial charge in [-0.3, -0.25) is 9.79 Å². The van der Waals surface area contributed by atoms with Crippen LogP contribution >= 0.6 is 0 Å². The molecule has 126 valence electrons. The Bertz CT molecular complexity index is 497. The van der Waals surface area contributed by atoms with Crippen LogP contribution in [-0.4, -0.2) is 37.5 Å². The first-order chi connectivity index (χ1) is 11.3. The maximum Gasteiger partial charge on any atom is 0.220 e. The van der Waals surface area contributed by atoms with Crippen molar-refractivity contribution in [2.45, 2.75) is 45.1 Å². The lowest BCUT2D eigenvalue weighted by Gasteiger charge is -2.11. The molecule has 5 nitrogen and oxygen atoms in total. The standard InChI is InChI=1S/C18H28N4O/c1-2-19-18(21-14-12-15-7-4-3-5-8-15)20-13-6-9-17(23)22-16-10-11-16/h3-5,7-8,16H,2,6,9-14H2,1H3,(H,22,23)(H2,19,20,21). The van der Waals surface area contributed by atoms with Gasteiger partial charge in [-0.2, -0.15) is 0 Å². The van der Waals surface area contributed by atoms with Gasteiger partial charge < -0.3 is 16.0 Å². The molecule has 1 aromatic rings. The number of aliphatic imine (C=N–C) groups is 1. The van der Waals surface area contributed by atoms with E-state index in [9.17, 15) is 4.79 Å². The summed E-state index contributed by atoms with van der Waals surface area (Å²) < 4.78 is 0. The van der Waals surface area contributed by atoms with Gasteiger partial charge in [-0.25, -0.2) is 0 Å². The Morgan fingerprint density at radius 1 is 1.22 bits per heavy atom. The van der Waals surface area contributed by atoms with E-state index in [1.165, 1.54) is 5.56 Å². The third-order valence-electron chi connectivity index (χ3n) is 3.67. The number of nitrogens with zero attached hydrogens (tertiary/aromatic N) is 1. The highest BCUT2D eigenvalue weighted by Gasteiger charge is 2.22. The first-order valence-electron chi connectivity index (χ1n) is 8.63. The van der Waals surface area contributed by atoms with Crippen molar-refractivity contribution < 1.29 is 4.79 Å². The number of hydrogen-bond donors (Lipinski definition) is 3. The Kier molecular flexibility index (Phi) is 7.43. The van der Waals surface area contributed by atoms with Crippen LogP contribution in [0.5, 0.6) is 0 Å². The zero-order chi connectivity index (χ0) is 16.3. The predicted molar refractivity (Wildman–Crippen MR) is 94.5 cm³/mol. The monoisotopic (exact) mass is 316 g/mol. The van der Waals surface area contributed by atoms with Gasteiger partial charge in [-0.05, 0) is 38.2 Å². The van der Waals surface area contributed by atoms with Gasteiger partial charge in [0.25, 0.3) is 0 Å². The summed E-state index contributed by atoms with van der Waals surface area (Å²) in [5.74, 6) is 0.982. The van der Waals surface area contributed by atoms with Crippen molar-refractivity contribution in [1.29, 1.82) is 0 Å². The highest BCUT2D eigenvalue weighted by Crippen LogP contribution is 2.18. The van der Waals surface area contributed by atoms with Crippen LogP contribution in [0.15, 0.2) is 35.3 Å². The SMILES string of the molecule is CCNC(=NCCCC(=O)NC1CC1)NCCc1ccccc1. The van der Waals surface area contributed by atoms with E-state index < -0.39 is 0 Å². The lowest BCUT2D eigenvalue weighted by molar-refractivity contribution is -0.121. The second-order valence-corrected chi connectivity index (χ2v) is 5.87. The highest BCUT2D eigenvalue weighted by molar-refractivity contribution is 5.80. The number of guanidine groups is 1. The van der Waals surface area contributed by atoms with Crippen LogP contribution in [0.2, 0.25) is 0 Å². The normalized spacial score (nSPS) is 14.4. The molecule has 0 aliphatic heterocycles. The summed E-state index contributed by atoms with van der Waals surface area (Å²) in [4.78, 5) is 16.1. The van der Waals surface area contributed by atoms with Crippen LogP contribution in [0.4, 0.5) is 0 Å². The maximum absolute atomic E-state index is 11.6. The summed E-state index contributed by atoms with van der Waals surface area (Å²) in [6, 6.07) is 10.8. The molecule has 0 bridgehead atoms. The van der Waals surface area contributed by atoms with Gasteiger partial charge in [0.05, 0.1) is 0 Å². The quantitative estimate of drug-likeness (QED) is 0.370. The van der Waals surface area contributed by atoms with E-state index >= 15 is 0 Å². The second kappa shape index (κ2) is 9.87. The van der Waals surface area contributed by atoms with Crippen molar-refractivity contribution in [2.75, 3.05) is 19.6 Å². The molecular weight excluding hydrogens is 288 g/mol. The van der Waals surface area contributed by atoms with Gasteiger partial charge in [-0.15, -0.1) is 0 Å². The van der Waals surface area contributed by atoms with Crippen LogP contribution in [0.1, 0.15) is 38.2 Å². The van der Waals surface area contributed by atoms with Crippen molar-refractivity contribution in [3.8, 4) is 0 Å². The van der Waals surface area contributed by atoms with Gasteiger partial charge in [0.2, 0.25) is 5.91 Å². The van der Waals surface area contributed by atoms with E-state index in [1.807, 2.05) is 6.07 Å². The minimum absolute atomic E-state index is 0.157. The summed E-state index contributed by atoms with van der Waals surface area (Å²) in [5, 5.41) is 9.58. The molecule has 3 N–H and O–H groups in total. The molecule has 23 heavy (non-hydrogen) atoms. The molecule has 1 fully saturated rings. The lowest BCUT2D eigenvalue weighted by Crippen LogP contribution is -2.38. The summed E-state index contributed by atoms with van der Waals surface area (Å²) in [6.45, 7) is 4.40. The highest BCUT2D eigenvalue weighted by atomic mass is 16.1. The number of rotatable bonds is 9. The lowest BCUT2D eigenvalue weighted by atomic mass is 10.1. The predicted octanol–water partition coefficient (Wildman–Crippen LogP) is 1.84. The van der Waals surface area contributed by atoms with Gasteiger partial charge in [0.1, 0.15) is 0 Å². The molecule has 5 heteroatoms.